The molecule has 0 atom stereocenters. The first kappa shape index (κ1) is 16.8. The molecule has 0 bridgehead atoms. The maximum Gasteiger partial charge on any atom is 0.229 e. The highest BCUT2D eigenvalue weighted by atomic mass is 19.1. The Bertz CT molecular complexity index is 850. The molecule has 2 N–H and O–H groups in total. The van der Waals surface area contributed by atoms with Crippen LogP contribution < -0.4 is 10.6 Å². The number of halogens is 2. The molecule has 0 radical (unpaired) electrons. The Kier molecular flexibility index (Phi) is 5.18. The number of nitrogens with one attached hydrogen (secondary N) is 2. The lowest BCUT2D eigenvalue weighted by Crippen LogP contribution is -2.09. The van der Waals surface area contributed by atoms with Gasteiger partial charge in [-0.2, -0.15) is 4.98 Å². The van der Waals surface area contributed by atoms with Gasteiger partial charge in [0.2, 0.25) is 5.95 Å². The number of benzene rings is 2. The summed E-state index contributed by atoms with van der Waals surface area (Å²) in [6.07, 6.45) is 0.736. The van der Waals surface area contributed by atoms with E-state index >= 15 is 0 Å². The quantitative estimate of drug-likeness (QED) is 0.695. The van der Waals surface area contributed by atoms with Crippen molar-refractivity contribution in [1.82, 2.24) is 9.97 Å². The zero-order valence-electron chi connectivity index (χ0n) is 13.8. The summed E-state index contributed by atoms with van der Waals surface area (Å²) in [4.78, 5) is 8.63. The lowest BCUT2D eigenvalue weighted by Gasteiger charge is -2.10. The second-order valence-electron chi connectivity index (χ2n) is 5.63. The fraction of sp³-hybridized carbons (Fsp3) is 0.158. The predicted octanol–water partition coefficient (Wildman–Crippen LogP) is 4.46. The first-order valence-electron chi connectivity index (χ1n) is 7.96. The summed E-state index contributed by atoms with van der Waals surface area (Å²) in [5.41, 5.74) is 2.12. The molecule has 6 heteroatoms. The van der Waals surface area contributed by atoms with E-state index in [9.17, 15) is 8.78 Å². The molecule has 0 amide bonds. The molecular weight excluding hydrogens is 322 g/mol. The highest BCUT2D eigenvalue weighted by Crippen LogP contribution is 2.18. The van der Waals surface area contributed by atoms with Gasteiger partial charge in [0.1, 0.15) is 17.5 Å². The molecule has 1 heterocycles. The van der Waals surface area contributed by atoms with Crippen LogP contribution in [-0.2, 0) is 6.42 Å². The number of hydrogen-bond donors (Lipinski definition) is 2. The van der Waals surface area contributed by atoms with Gasteiger partial charge in [-0.25, -0.2) is 13.8 Å². The Hall–Kier alpha value is -3.02. The van der Waals surface area contributed by atoms with Crippen LogP contribution in [0.25, 0.3) is 0 Å². The van der Waals surface area contributed by atoms with Crippen LogP contribution in [0.1, 0.15) is 11.3 Å². The first-order chi connectivity index (χ1) is 12.1. The SMILES string of the molecule is Cc1cc(NCCc2ccc(F)cc2)nc(Nc2ccccc2F)n1. The van der Waals surface area contributed by atoms with Crippen molar-refractivity contribution in [2.45, 2.75) is 13.3 Å². The molecule has 25 heavy (non-hydrogen) atoms. The molecule has 4 nitrogen and oxygen atoms in total. The van der Waals surface area contributed by atoms with E-state index in [0.717, 1.165) is 17.7 Å². The molecule has 128 valence electrons. The number of rotatable bonds is 6. The van der Waals surface area contributed by atoms with Gasteiger partial charge in [0.15, 0.2) is 0 Å². The van der Waals surface area contributed by atoms with Crippen LogP contribution in [0.4, 0.5) is 26.2 Å². The van der Waals surface area contributed by atoms with E-state index in [1.165, 1.54) is 18.2 Å². The molecule has 0 spiro atoms. The van der Waals surface area contributed by atoms with Crippen LogP contribution >= 0.6 is 0 Å². The average molecular weight is 340 g/mol. The largest absolute Gasteiger partial charge is 0.370 e. The zero-order chi connectivity index (χ0) is 17.6. The Labute approximate surface area is 145 Å². The second kappa shape index (κ2) is 7.70. The average Bonchev–Trinajstić information content (AvgIpc) is 2.58. The summed E-state index contributed by atoms with van der Waals surface area (Å²) in [5.74, 6) is 0.369. The Morgan fingerprint density at radius 1 is 0.960 bits per heavy atom. The maximum atomic E-state index is 13.7. The van der Waals surface area contributed by atoms with E-state index in [-0.39, 0.29) is 11.6 Å². The van der Waals surface area contributed by atoms with Gasteiger partial charge in [-0.3, -0.25) is 0 Å². The minimum Gasteiger partial charge on any atom is -0.370 e. The third-order valence-electron chi connectivity index (χ3n) is 3.61. The van der Waals surface area contributed by atoms with Crippen molar-refractivity contribution >= 4 is 17.5 Å². The summed E-state index contributed by atoms with van der Waals surface area (Å²) in [7, 11) is 0. The number of aromatic nitrogens is 2. The third-order valence-corrected chi connectivity index (χ3v) is 3.61. The number of hydrogen-bond acceptors (Lipinski definition) is 4. The van der Waals surface area contributed by atoms with Gasteiger partial charge in [-0.1, -0.05) is 24.3 Å². The van der Waals surface area contributed by atoms with Gasteiger partial charge >= 0.3 is 0 Å². The lowest BCUT2D eigenvalue weighted by molar-refractivity contribution is 0.627. The summed E-state index contributed by atoms with van der Waals surface area (Å²) in [6, 6.07) is 14.6. The fourth-order valence-corrected chi connectivity index (χ4v) is 2.38. The van der Waals surface area contributed by atoms with E-state index in [0.29, 0.717) is 24.0 Å². The molecule has 0 saturated heterocycles. The molecule has 3 rings (SSSR count). The van der Waals surface area contributed by atoms with E-state index in [2.05, 4.69) is 20.6 Å². The molecule has 0 aliphatic rings. The topological polar surface area (TPSA) is 49.8 Å². The monoisotopic (exact) mass is 340 g/mol. The van der Waals surface area contributed by atoms with Crippen LogP contribution in [0.2, 0.25) is 0 Å². The Balaban J connectivity index is 1.65. The normalized spacial score (nSPS) is 10.5. The van der Waals surface area contributed by atoms with Crippen molar-refractivity contribution in [1.29, 1.82) is 0 Å². The molecule has 0 aliphatic heterocycles. The van der Waals surface area contributed by atoms with Crippen LogP contribution in [0, 0.1) is 18.6 Å². The van der Waals surface area contributed by atoms with E-state index in [1.54, 1.807) is 30.3 Å². The number of anilines is 3. The summed E-state index contributed by atoms with van der Waals surface area (Å²) >= 11 is 0. The molecule has 0 unspecified atom stereocenters. The predicted molar refractivity (Wildman–Crippen MR) is 95.0 cm³/mol. The zero-order valence-corrected chi connectivity index (χ0v) is 13.8. The lowest BCUT2D eigenvalue weighted by atomic mass is 10.1. The Morgan fingerprint density at radius 2 is 1.72 bits per heavy atom. The molecule has 0 fully saturated rings. The highest BCUT2D eigenvalue weighted by Gasteiger charge is 2.06. The molecule has 1 aromatic heterocycles. The van der Waals surface area contributed by atoms with Gasteiger partial charge in [-0.15, -0.1) is 0 Å². The van der Waals surface area contributed by atoms with Gasteiger partial charge < -0.3 is 10.6 Å². The summed E-state index contributed by atoms with van der Waals surface area (Å²) < 4.78 is 26.6. The van der Waals surface area contributed by atoms with E-state index in [4.69, 9.17) is 0 Å². The number of para-hydroxylation sites is 1. The van der Waals surface area contributed by atoms with Crippen molar-refractivity contribution in [2.24, 2.45) is 0 Å². The van der Waals surface area contributed by atoms with Crippen LogP contribution in [0.15, 0.2) is 54.6 Å². The van der Waals surface area contributed by atoms with Crippen molar-refractivity contribution < 1.29 is 8.78 Å². The van der Waals surface area contributed by atoms with Gasteiger partial charge in [0.25, 0.3) is 0 Å². The van der Waals surface area contributed by atoms with Gasteiger partial charge in [-0.05, 0) is 43.2 Å². The standard InChI is InChI=1S/C19H18F2N4/c1-13-12-18(22-11-10-14-6-8-15(20)9-7-14)25-19(23-13)24-17-5-3-2-4-16(17)21/h2-9,12H,10-11H2,1H3,(H2,22,23,24,25). The summed E-state index contributed by atoms with van der Waals surface area (Å²) in [6.45, 7) is 2.49. The Morgan fingerprint density at radius 3 is 2.48 bits per heavy atom. The van der Waals surface area contributed by atoms with E-state index in [1.807, 2.05) is 13.0 Å². The fourth-order valence-electron chi connectivity index (χ4n) is 2.38. The molecule has 3 aromatic rings. The van der Waals surface area contributed by atoms with Crippen LogP contribution in [0.3, 0.4) is 0 Å². The minimum atomic E-state index is -0.363. The van der Waals surface area contributed by atoms with Gasteiger partial charge in [0.05, 0.1) is 5.69 Å². The van der Waals surface area contributed by atoms with Gasteiger partial charge in [0, 0.05) is 18.3 Å². The van der Waals surface area contributed by atoms with Crippen LogP contribution in [-0.4, -0.2) is 16.5 Å². The molecule has 0 saturated carbocycles. The summed E-state index contributed by atoms with van der Waals surface area (Å²) in [5, 5.41) is 6.10. The number of nitrogens with zero attached hydrogens (tertiary/aromatic N) is 2. The molecule has 2 aromatic carbocycles. The first-order valence-corrected chi connectivity index (χ1v) is 7.96. The van der Waals surface area contributed by atoms with Crippen molar-refractivity contribution in [2.75, 3.05) is 17.2 Å². The minimum absolute atomic E-state index is 0.244. The van der Waals surface area contributed by atoms with Crippen molar-refractivity contribution in [3.63, 3.8) is 0 Å². The third kappa shape index (κ3) is 4.73. The van der Waals surface area contributed by atoms with Crippen molar-refractivity contribution in [3.05, 3.63) is 77.5 Å². The van der Waals surface area contributed by atoms with Crippen molar-refractivity contribution in [3.8, 4) is 0 Å². The van der Waals surface area contributed by atoms with Crippen LogP contribution in [0.5, 0.6) is 0 Å². The maximum absolute atomic E-state index is 13.7. The molecular formula is C19H18F2N4. The smallest absolute Gasteiger partial charge is 0.229 e. The number of aryl methyl sites for hydroxylation is 1. The second-order valence-corrected chi connectivity index (χ2v) is 5.63. The molecule has 0 aliphatic carbocycles. The van der Waals surface area contributed by atoms with E-state index < -0.39 is 0 Å². The highest BCUT2D eigenvalue weighted by molar-refractivity contribution is 5.55.